The van der Waals surface area contributed by atoms with E-state index < -0.39 is 0 Å². The Morgan fingerprint density at radius 3 is 2.66 bits per heavy atom. The molecule has 5 rings (SSSR count). The van der Waals surface area contributed by atoms with Gasteiger partial charge in [0.05, 0.1) is 18.4 Å². The summed E-state index contributed by atoms with van der Waals surface area (Å²) in [4.78, 5) is 10.4. The summed E-state index contributed by atoms with van der Waals surface area (Å²) in [5.41, 5.74) is 2.71. The van der Waals surface area contributed by atoms with Crippen LogP contribution in [0, 0.1) is 0 Å². The number of nitrogens with zero attached hydrogens (tertiary/aromatic N) is 3. The molecule has 2 aromatic carbocycles. The van der Waals surface area contributed by atoms with Gasteiger partial charge in [-0.2, -0.15) is 0 Å². The summed E-state index contributed by atoms with van der Waals surface area (Å²) in [5.74, 6) is 2.34. The highest BCUT2D eigenvalue weighted by molar-refractivity contribution is 7.09. The van der Waals surface area contributed by atoms with E-state index in [9.17, 15) is 0 Å². The molecule has 29 heavy (non-hydrogen) atoms. The molecule has 0 aliphatic heterocycles. The Hall–Kier alpha value is -3.64. The van der Waals surface area contributed by atoms with Crippen molar-refractivity contribution in [2.75, 3.05) is 5.32 Å². The van der Waals surface area contributed by atoms with E-state index in [1.807, 2.05) is 77.5 Å². The zero-order valence-corrected chi connectivity index (χ0v) is 16.3. The van der Waals surface area contributed by atoms with E-state index >= 15 is 0 Å². The van der Waals surface area contributed by atoms with E-state index in [0.29, 0.717) is 0 Å². The fourth-order valence-electron chi connectivity index (χ4n) is 3.21. The molecule has 0 amide bonds. The molecule has 0 radical (unpaired) electrons. The molecule has 0 unspecified atom stereocenters. The highest BCUT2D eigenvalue weighted by Crippen LogP contribution is 2.34. The predicted octanol–water partition coefficient (Wildman–Crippen LogP) is 5.86. The average molecular weight is 398 g/mol. The molecule has 0 saturated heterocycles. The standard InChI is InChI=1S/C23H18N4OS/c1-2-7-17(8-3-1)28-21-11-5-4-10-19(21)20-16-26-23-22(24-12-13-27(20)23)25-15-18-9-6-14-29-18/h1-14,16H,15H2,(H,24,25). The molecule has 5 nitrogen and oxygen atoms in total. The minimum absolute atomic E-state index is 0.722. The van der Waals surface area contributed by atoms with Crippen molar-refractivity contribution in [3.8, 4) is 22.8 Å². The summed E-state index contributed by atoms with van der Waals surface area (Å²) in [7, 11) is 0. The number of nitrogens with one attached hydrogen (secondary N) is 1. The molecule has 6 heteroatoms. The van der Waals surface area contributed by atoms with Crippen molar-refractivity contribution in [1.82, 2.24) is 14.4 Å². The molecule has 3 heterocycles. The van der Waals surface area contributed by atoms with Crippen molar-refractivity contribution in [1.29, 1.82) is 0 Å². The number of fused-ring (bicyclic) bond motifs is 1. The molecule has 5 aromatic rings. The minimum atomic E-state index is 0.722. The van der Waals surface area contributed by atoms with Crippen LogP contribution in [0.2, 0.25) is 0 Å². The summed E-state index contributed by atoms with van der Waals surface area (Å²) in [5, 5.41) is 5.47. The second kappa shape index (κ2) is 7.77. The van der Waals surface area contributed by atoms with Gasteiger partial charge in [0, 0.05) is 22.8 Å². The lowest BCUT2D eigenvalue weighted by Gasteiger charge is -2.11. The Balaban J connectivity index is 1.51. The fraction of sp³-hybridized carbons (Fsp3) is 0.0435. The Morgan fingerprint density at radius 2 is 1.79 bits per heavy atom. The summed E-state index contributed by atoms with van der Waals surface area (Å²) < 4.78 is 8.18. The number of thiophene rings is 1. The van der Waals surface area contributed by atoms with Crippen LogP contribution in [0.4, 0.5) is 5.82 Å². The van der Waals surface area contributed by atoms with E-state index in [0.717, 1.165) is 40.8 Å². The molecule has 0 aliphatic carbocycles. The van der Waals surface area contributed by atoms with Crippen LogP contribution in [0.15, 0.2) is 90.7 Å². The second-order valence-corrected chi connectivity index (χ2v) is 7.49. The largest absolute Gasteiger partial charge is 0.457 e. The van der Waals surface area contributed by atoms with Crippen LogP contribution in [0.3, 0.4) is 0 Å². The summed E-state index contributed by atoms with van der Waals surface area (Å²) >= 11 is 1.72. The van der Waals surface area contributed by atoms with E-state index in [1.165, 1.54) is 4.88 Å². The van der Waals surface area contributed by atoms with Crippen LogP contribution in [0.5, 0.6) is 11.5 Å². The zero-order chi connectivity index (χ0) is 19.5. The number of rotatable bonds is 6. The number of hydrogen-bond acceptors (Lipinski definition) is 5. The minimum Gasteiger partial charge on any atom is -0.457 e. The number of hydrogen-bond donors (Lipinski definition) is 1. The predicted molar refractivity (Wildman–Crippen MR) is 117 cm³/mol. The van der Waals surface area contributed by atoms with Crippen molar-refractivity contribution >= 4 is 22.8 Å². The SMILES string of the molecule is c1ccc(Oc2ccccc2-c2cnc3c(NCc4cccs4)nccn23)cc1. The number of imidazole rings is 1. The van der Waals surface area contributed by atoms with E-state index in [4.69, 9.17) is 4.74 Å². The monoisotopic (exact) mass is 398 g/mol. The van der Waals surface area contributed by atoms with Crippen LogP contribution >= 0.6 is 11.3 Å². The molecule has 0 spiro atoms. The number of benzene rings is 2. The van der Waals surface area contributed by atoms with Gasteiger partial charge in [0.1, 0.15) is 11.5 Å². The van der Waals surface area contributed by atoms with E-state index in [-0.39, 0.29) is 0 Å². The highest BCUT2D eigenvalue weighted by atomic mass is 32.1. The molecule has 0 atom stereocenters. The quantitative estimate of drug-likeness (QED) is 0.389. The molecule has 3 aromatic heterocycles. The zero-order valence-electron chi connectivity index (χ0n) is 15.5. The van der Waals surface area contributed by atoms with Crippen LogP contribution in [0.25, 0.3) is 16.9 Å². The van der Waals surface area contributed by atoms with Crippen molar-refractivity contribution in [2.45, 2.75) is 6.54 Å². The van der Waals surface area contributed by atoms with Gasteiger partial charge in [-0.3, -0.25) is 4.40 Å². The van der Waals surface area contributed by atoms with Gasteiger partial charge >= 0.3 is 0 Å². The summed E-state index contributed by atoms with van der Waals surface area (Å²) in [6, 6.07) is 21.9. The lowest BCUT2D eigenvalue weighted by atomic mass is 10.1. The maximum Gasteiger partial charge on any atom is 0.180 e. The number of ether oxygens (including phenoxy) is 1. The number of aromatic nitrogens is 3. The first-order chi connectivity index (χ1) is 14.4. The average Bonchev–Trinajstić information content (AvgIpc) is 3.44. The van der Waals surface area contributed by atoms with Gasteiger partial charge in [-0.05, 0) is 35.7 Å². The third-order valence-corrected chi connectivity index (χ3v) is 5.45. The maximum atomic E-state index is 6.14. The van der Waals surface area contributed by atoms with Crippen molar-refractivity contribution in [2.24, 2.45) is 0 Å². The van der Waals surface area contributed by atoms with Gasteiger partial charge < -0.3 is 10.1 Å². The maximum absolute atomic E-state index is 6.14. The lowest BCUT2D eigenvalue weighted by Crippen LogP contribution is -2.03. The van der Waals surface area contributed by atoms with Gasteiger partial charge in [0.15, 0.2) is 11.5 Å². The fourth-order valence-corrected chi connectivity index (χ4v) is 3.85. The molecule has 0 bridgehead atoms. The van der Waals surface area contributed by atoms with Gasteiger partial charge in [-0.15, -0.1) is 11.3 Å². The molecule has 0 aliphatic rings. The van der Waals surface area contributed by atoms with Crippen LogP contribution in [-0.2, 0) is 6.54 Å². The summed E-state index contributed by atoms with van der Waals surface area (Å²) in [6.07, 6.45) is 5.57. The first-order valence-corrected chi connectivity index (χ1v) is 10.2. The highest BCUT2D eigenvalue weighted by Gasteiger charge is 2.14. The third kappa shape index (κ3) is 3.58. The van der Waals surface area contributed by atoms with Gasteiger partial charge in [0.2, 0.25) is 0 Å². The van der Waals surface area contributed by atoms with Crippen molar-refractivity contribution < 1.29 is 4.74 Å². The normalized spacial score (nSPS) is 10.9. The van der Waals surface area contributed by atoms with Gasteiger partial charge in [-0.1, -0.05) is 36.4 Å². The Bertz CT molecular complexity index is 1230. The van der Waals surface area contributed by atoms with Gasteiger partial charge in [0.25, 0.3) is 0 Å². The first-order valence-electron chi connectivity index (χ1n) is 9.29. The van der Waals surface area contributed by atoms with Gasteiger partial charge in [-0.25, -0.2) is 9.97 Å². The number of anilines is 1. The topological polar surface area (TPSA) is 51.5 Å². The Labute approximate surface area is 172 Å². The van der Waals surface area contributed by atoms with Crippen molar-refractivity contribution in [3.63, 3.8) is 0 Å². The van der Waals surface area contributed by atoms with E-state index in [1.54, 1.807) is 17.5 Å². The molecule has 1 N–H and O–H groups in total. The Morgan fingerprint density at radius 1 is 0.931 bits per heavy atom. The second-order valence-electron chi connectivity index (χ2n) is 6.46. The molecule has 142 valence electrons. The van der Waals surface area contributed by atoms with Crippen LogP contribution < -0.4 is 10.1 Å². The Kier molecular flexibility index (Phi) is 4.68. The van der Waals surface area contributed by atoms with Crippen molar-refractivity contribution in [3.05, 3.63) is 95.6 Å². The van der Waals surface area contributed by atoms with E-state index in [2.05, 4.69) is 26.7 Å². The third-order valence-electron chi connectivity index (χ3n) is 4.57. The molecule has 0 saturated carbocycles. The van der Waals surface area contributed by atoms with Crippen LogP contribution in [0.1, 0.15) is 4.88 Å². The molecule has 0 fully saturated rings. The summed E-state index contributed by atoms with van der Waals surface area (Å²) in [6.45, 7) is 0.722. The lowest BCUT2D eigenvalue weighted by molar-refractivity contribution is 0.484. The smallest absolute Gasteiger partial charge is 0.180 e. The van der Waals surface area contributed by atoms with Crippen LogP contribution in [-0.4, -0.2) is 14.4 Å². The number of para-hydroxylation sites is 2. The molecular formula is C23H18N4OS. The molecular weight excluding hydrogens is 380 g/mol. The first kappa shape index (κ1) is 17.5.